The molecule has 4 rings (SSSR count). The first kappa shape index (κ1) is 23.4. The predicted molar refractivity (Wildman–Crippen MR) is 139 cm³/mol. The van der Waals surface area contributed by atoms with E-state index < -0.39 is 0 Å². The average molecular weight is 457 g/mol. The van der Waals surface area contributed by atoms with E-state index in [9.17, 15) is 9.59 Å². The lowest BCUT2D eigenvalue weighted by molar-refractivity contribution is -0.130. The zero-order chi connectivity index (χ0) is 24.1. The van der Waals surface area contributed by atoms with E-state index in [1.165, 1.54) is 5.56 Å². The highest BCUT2D eigenvalue weighted by Gasteiger charge is 2.21. The molecule has 0 unspecified atom stereocenters. The summed E-state index contributed by atoms with van der Waals surface area (Å²) in [6, 6.07) is 21.7. The molecule has 3 amide bonds. The smallest absolute Gasteiger partial charge is 0.323 e. The van der Waals surface area contributed by atoms with Crippen molar-refractivity contribution >= 4 is 29.0 Å². The highest BCUT2D eigenvalue weighted by Crippen LogP contribution is 2.22. The molecule has 6 nitrogen and oxygen atoms in total. The van der Waals surface area contributed by atoms with E-state index in [4.69, 9.17) is 0 Å². The van der Waals surface area contributed by atoms with Crippen molar-refractivity contribution in [2.75, 3.05) is 41.7 Å². The minimum atomic E-state index is -0.258. The Morgan fingerprint density at radius 2 is 1.44 bits per heavy atom. The number of hydrogen-bond acceptors (Lipinski definition) is 3. The van der Waals surface area contributed by atoms with Gasteiger partial charge in [0, 0.05) is 43.2 Å². The summed E-state index contributed by atoms with van der Waals surface area (Å²) in [6.45, 7) is 9.01. The van der Waals surface area contributed by atoms with Gasteiger partial charge in [0.2, 0.25) is 5.91 Å². The Balaban J connectivity index is 1.28. The molecule has 0 spiro atoms. The van der Waals surface area contributed by atoms with E-state index in [0.29, 0.717) is 19.5 Å². The van der Waals surface area contributed by atoms with Gasteiger partial charge in [-0.25, -0.2) is 4.79 Å². The first-order valence-electron chi connectivity index (χ1n) is 11.7. The number of anilines is 3. The van der Waals surface area contributed by atoms with Crippen molar-refractivity contribution in [1.29, 1.82) is 0 Å². The van der Waals surface area contributed by atoms with Crippen LogP contribution in [-0.2, 0) is 11.2 Å². The molecule has 0 atom stereocenters. The number of amides is 3. The van der Waals surface area contributed by atoms with Crippen LogP contribution in [0.3, 0.4) is 0 Å². The number of benzene rings is 3. The topological polar surface area (TPSA) is 64.7 Å². The van der Waals surface area contributed by atoms with Crippen LogP contribution in [0, 0.1) is 20.8 Å². The summed E-state index contributed by atoms with van der Waals surface area (Å²) in [5.74, 6) is 0.180. The zero-order valence-corrected chi connectivity index (χ0v) is 20.1. The molecule has 0 aliphatic carbocycles. The molecule has 0 aromatic heterocycles. The van der Waals surface area contributed by atoms with Gasteiger partial charge < -0.3 is 20.4 Å². The molecule has 3 aromatic rings. The third-order valence-electron chi connectivity index (χ3n) is 6.28. The van der Waals surface area contributed by atoms with Crippen molar-refractivity contribution in [2.24, 2.45) is 0 Å². The Kier molecular flexibility index (Phi) is 7.16. The summed E-state index contributed by atoms with van der Waals surface area (Å²) in [7, 11) is 0. The maximum atomic E-state index is 12.7. The van der Waals surface area contributed by atoms with E-state index in [-0.39, 0.29) is 11.9 Å². The van der Waals surface area contributed by atoms with Gasteiger partial charge in [-0.2, -0.15) is 0 Å². The van der Waals surface area contributed by atoms with E-state index in [1.54, 1.807) is 0 Å². The van der Waals surface area contributed by atoms with E-state index >= 15 is 0 Å². The SMILES string of the molecule is Cc1cccc(CC(=O)N2CCN(c3ccc(NC(=O)Nc4c(C)cccc4C)cc3)CC2)c1. The first-order chi connectivity index (χ1) is 16.4. The molecule has 0 bridgehead atoms. The molecule has 1 aliphatic rings. The molecule has 34 heavy (non-hydrogen) atoms. The summed E-state index contributed by atoms with van der Waals surface area (Å²) in [5.41, 5.74) is 6.97. The predicted octanol–water partition coefficient (Wildman–Crippen LogP) is 5.15. The van der Waals surface area contributed by atoms with Gasteiger partial charge in [0.1, 0.15) is 0 Å². The molecule has 2 N–H and O–H groups in total. The molecule has 3 aromatic carbocycles. The maximum absolute atomic E-state index is 12.7. The number of carbonyl (C=O) groups is 2. The number of nitrogens with zero attached hydrogens (tertiary/aromatic N) is 2. The van der Waals surface area contributed by atoms with Gasteiger partial charge in [0.05, 0.1) is 6.42 Å². The lowest BCUT2D eigenvalue weighted by Crippen LogP contribution is -2.49. The average Bonchev–Trinajstić information content (AvgIpc) is 2.82. The van der Waals surface area contributed by atoms with E-state index in [0.717, 1.165) is 46.8 Å². The van der Waals surface area contributed by atoms with Crippen molar-refractivity contribution in [3.8, 4) is 0 Å². The number of urea groups is 1. The molecule has 1 heterocycles. The van der Waals surface area contributed by atoms with Gasteiger partial charge in [-0.1, -0.05) is 48.0 Å². The Bertz CT molecular complexity index is 1150. The Morgan fingerprint density at radius 3 is 2.09 bits per heavy atom. The van der Waals surface area contributed by atoms with Crippen LogP contribution >= 0.6 is 0 Å². The van der Waals surface area contributed by atoms with Gasteiger partial charge >= 0.3 is 6.03 Å². The summed E-state index contributed by atoms with van der Waals surface area (Å²) < 4.78 is 0. The molecule has 6 heteroatoms. The molecular formula is C28H32N4O2. The zero-order valence-electron chi connectivity index (χ0n) is 20.1. The first-order valence-corrected chi connectivity index (χ1v) is 11.7. The summed E-state index contributed by atoms with van der Waals surface area (Å²) in [6.07, 6.45) is 0.451. The number of piperazine rings is 1. The number of nitrogens with one attached hydrogen (secondary N) is 2. The Morgan fingerprint density at radius 1 is 0.794 bits per heavy atom. The maximum Gasteiger partial charge on any atom is 0.323 e. The van der Waals surface area contributed by atoms with Gasteiger partial charge in [-0.05, 0) is 61.7 Å². The molecular weight excluding hydrogens is 424 g/mol. The summed E-state index contributed by atoms with van der Waals surface area (Å²) in [5, 5.41) is 5.85. The van der Waals surface area contributed by atoms with Crippen molar-refractivity contribution in [1.82, 2.24) is 4.90 Å². The molecule has 1 aliphatic heterocycles. The molecule has 176 valence electrons. The van der Waals surface area contributed by atoms with Crippen LogP contribution in [0.2, 0.25) is 0 Å². The second-order valence-electron chi connectivity index (χ2n) is 8.93. The molecule has 0 radical (unpaired) electrons. The second-order valence-corrected chi connectivity index (χ2v) is 8.93. The van der Waals surface area contributed by atoms with Crippen LogP contribution in [0.15, 0.2) is 66.7 Å². The minimum Gasteiger partial charge on any atom is -0.368 e. The van der Waals surface area contributed by atoms with Gasteiger partial charge in [-0.15, -0.1) is 0 Å². The fourth-order valence-electron chi connectivity index (χ4n) is 4.37. The monoisotopic (exact) mass is 456 g/mol. The third kappa shape index (κ3) is 5.76. The van der Waals surface area contributed by atoms with Crippen LogP contribution in [0.4, 0.5) is 21.9 Å². The van der Waals surface area contributed by atoms with Gasteiger partial charge in [0.25, 0.3) is 0 Å². The van der Waals surface area contributed by atoms with E-state index in [2.05, 4.69) is 21.6 Å². The third-order valence-corrected chi connectivity index (χ3v) is 6.28. The Labute approximate surface area is 201 Å². The number of aryl methyl sites for hydroxylation is 3. The number of rotatable bonds is 5. The standard InChI is InChI=1S/C28H32N4O2/c1-20-6-4-9-23(18-20)19-26(33)32-16-14-31(15-17-32)25-12-10-24(11-13-25)29-28(34)30-27-21(2)7-5-8-22(27)3/h4-13,18H,14-17,19H2,1-3H3,(H2,29,30,34). The van der Waals surface area contributed by atoms with Crippen LogP contribution in [0.25, 0.3) is 0 Å². The normalized spacial score (nSPS) is 13.5. The minimum absolute atomic E-state index is 0.180. The van der Waals surface area contributed by atoms with Crippen molar-refractivity contribution < 1.29 is 9.59 Å². The summed E-state index contributed by atoms with van der Waals surface area (Å²) >= 11 is 0. The van der Waals surface area contributed by atoms with Crippen LogP contribution < -0.4 is 15.5 Å². The van der Waals surface area contributed by atoms with Crippen LogP contribution in [0.5, 0.6) is 0 Å². The number of hydrogen-bond donors (Lipinski definition) is 2. The highest BCUT2D eigenvalue weighted by molar-refractivity contribution is 6.00. The fourth-order valence-corrected chi connectivity index (χ4v) is 4.37. The van der Waals surface area contributed by atoms with Gasteiger partial charge in [-0.3, -0.25) is 4.79 Å². The van der Waals surface area contributed by atoms with Crippen molar-refractivity contribution in [2.45, 2.75) is 27.2 Å². The fraction of sp³-hybridized carbons (Fsp3) is 0.286. The lowest BCUT2D eigenvalue weighted by Gasteiger charge is -2.36. The summed E-state index contributed by atoms with van der Waals surface area (Å²) in [4.78, 5) is 29.4. The van der Waals surface area contributed by atoms with E-state index in [1.807, 2.05) is 86.3 Å². The van der Waals surface area contributed by atoms with Crippen LogP contribution in [-0.4, -0.2) is 43.0 Å². The van der Waals surface area contributed by atoms with Crippen molar-refractivity contribution in [3.63, 3.8) is 0 Å². The molecule has 0 saturated carbocycles. The number of carbonyl (C=O) groups excluding carboxylic acids is 2. The highest BCUT2D eigenvalue weighted by atomic mass is 16.2. The second kappa shape index (κ2) is 10.4. The quantitative estimate of drug-likeness (QED) is 0.558. The van der Waals surface area contributed by atoms with Gasteiger partial charge in [0.15, 0.2) is 0 Å². The van der Waals surface area contributed by atoms with Crippen LogP contribution in [0.1, 0.15) is 22.3 Å². The lowest BCUT2D eigenvalue weighted by atomic mass is 10.1. The van der Waals surface area contributed by atoms with Crippen molar-refractivity contribution in [3.05, 3.63) is 89.0 Å². The largest absolute Gasteiger partial charge is 0.368 e. The molecule has 1 fully saturated rings. The Hall–Kier alpha value is -3.80. The number of para-hydroxylation sites is 1. The molecule has 1 saturated heterocycles.